The van der Waals surface area contributed by atoms with Crippen LogP contribution in [0.5, 0.6) is 0 Å². The van der Waals surface area contributed by atoms with E-state index in [2.05, 4.69) is 10.3 Å². The first-order chi connectivity index (χ1) is 11.1. The van der Waals surface area contributed by atoms with Crippen LogP contribution in [0.2, 0.25) is 0 Å². The van der Waals surface area contributed by atoms with Crippen molar-refractivity contribution in [2.45, 2.75) is 45.3 Å². The van der Waals surface area contributed by atoms with Crippen molar-refractivity contribution in [3.63, 3.8) is 0 Å². The third kappa shape index (κ3) is 3.79. The van der Waals surface area contributed by atoms with Crippen LogP contribution in [0.25, 0.3) is 11.5 Å². The number of benzene rings is 1. The van der Waals surface area contributed by atoms with Crippen LogP contribution in [0.4, 0.5) is 0 Å². The van der Waals surface area contributed by atoms with Gasteiger partial charge in [-0.3, -0.25) is 4.79 Å². The maximum absolute atomic E-state index is 12.2. The Balaban J connectivity index is 1.63. The Morgan fingerprint density at radius 3 is 2.87 bits per heavy atom. The molecule has 3 rings (SSSR count). The minimum absolute atomic E-state index is 0.0193. The number of hydrogen-bond acceptors (Lipinski definition) is 4. The molecule has 0 aliphatic carbocycles. The fraction of sp³-hybridized carbons (Fsp3) is 0.444. The molecule has 5 nitrogen and oxygen atoms in total. The highest BCUT2D eigenvalue weighted by Crippen LogP contribution is 2.22. The molecule has 1 aliphatic rings. The second-order valence-corrected chi connectivity index (χ2v) is 5.97. The molecule has 0 spiro atoms. The Labute approximate surface area is 136 Å². The third-order valence-electron chi connectivity index (χ3n) is 4.15. The highest BCUT2D eigenvalue weighted by Gasteiger charge is 2.24. The molecule has 0 saturated carbocycles. The highest BCUT2D eigenvalue weighted by atomic mass is 16.5. The molecule has 0 radical (unpaired) electrons. The molecule has 2 aromatic rings. The first kappa shape index (κ1) is 15.7. The zero-order valence-corrected chi connectivity index (χ0v) is 13.5. The Morgan fingerprint density at radius 1 is 1.39 bits per heavy atom. The molecule has 1 aliphatic heterocycles. The van der Waals surface area contributed by atoms with E-state index < -0.39 is 0 Å². The predicted octanol–water partition coefficient (Wildman–Crippen LogP) is 2.88. The first-order valence-corrected chi connectivity index (χ1v) is 8.06. The second-order valence-electron chi connectivity index (χ2n) is 5.97. The maximum atomic E-state index is 12.2. The fourth-order valence-electron chi connectivity index (χ4n) is 2.84. The number of amides is 1. The standard InChI is InChI=1S/C18H22N2O3/c1-12(16-9-6-10-22-16)19-17(21)11-15-13(2)23-18(20-15)14-7-4-3-5-8-14/h3-5,7-8,12,16H,6,9-11H2,1-2H3,(H,19,21)/t12-,16-/m0/s1. The highest BCUT2D eigenvalue weighted by molar-refractivity contribution is 5.78. The van der Waals surface area contributed by atoms with Crippen LogP contribution in [0, 0.1) is 6.92 Å². The second kappa shape index (κ2) is 6.96. The van der Waals surface area contributed by atoms with Crippen LogP contribution >= 0.6 is 0 Å². The van der Waals surface area contributed by atoms with Crippen LogP contribution < -0.4 is 5.32 Å². The number of ether oxygens (including phenoxy) is 1. The lowest BCUT2D eigenvalue weighted by Gasteiger charge is -2.19. The predicted molar refractivity (Wildman–Crippen MR) is 87.0 cm³/mol. The summed E-state index contributed by atoms with van der Waals surface area (Å²) in [7, 11) is 0. The SMILES string of the molecule is Cc1oc(-c2ccccc2)nc1CC(=O)N[C@@H](C)[C@@H]1CCCO1. The number of carbonyl (C=O) groups excluding carboxylic acids is 1. The topological polar surface area (TPSA) is 64.4 Å². The van der Waals surface area contributed by atoms with Gasteiger partial charge < -0.3 is 14.5 Å². The van der Waals surface area contributed by atoms with Crippen LogP contribution in [0.1, 0.15) is 31.2 Å². The Kier molecular flexibility index (Phi) is 4.76. The Bertz CT molecular complexity index is 660. The van der Waals surface area contributed by atoms with Crippen molar-refractivity contribution in [1.29, 1.82) is 0 Å². The van der Waals surface area contributed by atoms with E-state index in [1.165, 1.54) is 0 Å². The van der Waals surface area contributed by atoms with E-state index in [1.807, 2.05) is 44.2 Å². The molecule has 1 N–H and O–H groups in total. The molecular weight excluding hydrogens is 292 g/mol. The molecule has 1 aromatic heterocycles. The number of aromatic nitrogens is 1. The molecule has 2 atom stereocenters. The zero-order valence-electron chi connectivity index (χ0n) is 13.5. The van der Waals surface area contributed by atoms with Gasteiger partial charge in [-0.2, -0.15) is 0 Å². The first-order valence-electron chi connectivity index (χ1n) is 8.06. The number of carbonyl (C=O) groups is 1. The molecular formula is C18H22N2O3. The third-order valence-corrected chi connectivity index (χ3v) is 4.15. The van der Waals surface area contributed by atoms with Gasteiger partial charge in [0.15, 0.2) is 0 Å². The van der Waals surface area contributed by atoms with Gasteiger partial charge in [0.05, 0.1) is 24.3 Å². The van der Waals surface area contributed by atoms with Crippen molar-refractivity contribution >= 4 is 5.91 Å². The monoisotopic (exact) mass is 314 g/mol. The van der Waals surface area contributed by atoms with E-state index in [0.29, 0.717) is 17.3 Å². The van der Waals surface area contributed by atoms with Crippen molar-refractivity contribution in [2.24, 2.45) is 0 Å². The van der Waals surface area contributed by atoms with Gasteiger partial charge in [-0.25, -0.2) is 4.98 Å². The summed E-state index contributed by atoms with van der Waals surface area (Å²) in [6.07, 6.45) is 2.41. The van der Waals surface area contributed by atoms with E-state index in [0.717, 1.165) is 25.0 Å². The van der Waals surface area contributed by atoms with Gasteiger partial charge in [-0.15, -0.1) is 0 Å². The summed E-state index contributed by atoms with van der Waals surface area (Å²) < 4.78 is 11.3. The number of nitrogens with zero attached hydrogens (tertiary/aromatic N) is 1. The van der Waals surface area contributed by atoms with E-state index >= 15 is 0 Å². The van der Waals surface area contributed by atoms with Gasteiger partial charge >= 0.3 is 0 Å². The number of hydrogen-bond donors (Lipinski definition) is 1. The normalized spacial score (nSPS) is 18.8. The lowest BCUT2D eigenvalue weighted by atomic mass is 10.1. The lowest BCUT2D eigenvalue weighted by Crippen LogP contribution is -2.41. The van der Waals surface area contributed by atoms with E-state index in [1.54, 1.807) is 0 Å². The summed E-state index contributed by atoms with van der Waals surface area (Å²) in [6, 6.07) is 9.71. The van der Waals surface area contributed by atoms with Crippen molar-refractivity contribution in [2.75, 3.05) is 6.61 Å². The van der Waals surface area contributed by atoms with Crippen LogP contribution in [-0.4, -0.2) is 29.6 Å². The summed E-state index contributed by atoms with van der Waals surface area (Å²) >= 11 is 0. The number of nitrogens with one attached hydrogen (secondary N) is 1. The van der Waals surface area contributed by atoms with Gasteiger partial charge in [-0.1, -0.05) is 18.2 Å². The molecule has 1 saturated heterocycles. The molecule has 0 bridgehead atoms. The average molecular weight is 314 g/mol. The largest absolute Gasteiger partial charge is 0.441 e. The maximum Gasteiger partial charge on any atom is 0.226 e. The summed E-state index contributed by atoms with van der Waals surface area (Å²) in [5.74, 6) is 1.19. The minimum Gasteiger partial charge on any atom is -0.441 e. The molecule has 122 valence electrons. The van der Waals surface area contributed by atoms with Gasteiger partial charge in [-0.05, 0) is 38.8 Å². The molecule has 0 unspecified atom stereocenters. The summed E-state index contributed by atoms with van der Waals surface area (Å²) in [4.78, 5) is 16.7. The van der Waals surface area contributed by atoms with Crippen LogP contribution in [0.3, 0.4) is 0 Å². The average Bonchev–Trinajstić information content (AvgIpc) is 3.19. The van der Waals surface area contributed by atoms with Crippen molar-refractivity contribution in [3.05, 3.63) is 41.8 Å². The molecule has 23 heavy (non-hydrogen) atoms. The molecule has 2 heterocycles. The van der Waals surface area contributed by atoms with E-state index in [4.69, 9.17) is 9.15 Å². The Hall–Kier alpha value is -2.14. The smallest absolute Gasteiger partial charge is 0.226 e. The molecule has 1 amide bonds. The van der Waals surface area contributed by atoms with E-state index in [-0.39, 0.29) is 24.5 Å². The van der Waals surface area contributed by atoms with Gasteiger partial charge in [0, 0.05) is 12.2 Å². The lowest BCUT2D eigenvalue weighted by molar-refractivity contribution is -0.122. The summed E-state index contributed by atoms with van der Waals surface area (Å²) in [5.41, 5.74) is 1.59. The zero-order chi connectivity index (χ0) is 16.2. The van der Waals surface area contributed by atoms with Crippen molar-refractivity contribution < 1.29 is 13.9 Å². The fourth-order valence-corrected chi connectivity index (χ4v) is 2.84. The minimum atomic E-state index is -0.0518. The van der Waals surface area contributed by atoms with Gasteiger partial charge in [0.25, 0.3) is 0 Å². The van der Waals surface area contributed by atoms with E-state index in [9.17, 15) is 4.79 Å². The summed E-state index contributed by atoms with van der Waals surface area (Å²) in [6.45, 7) is 4.61. The van der Waals surface area contributed by atoms with Crippen molar-refractivity contribution in [1.82, 2.24) is 10.3 Å². The van der Waals surface area contributed by atoms with Gasteiger partial charge in [0.2, 0.25) is 11.8 Å². The van der Waals surface area contributed by atoms with Crippen LogP contribution in [0.15, 0.2) is 34.7 Å². The summed E-state index contributed by atoms with van der Waals surface area (Å²) in [5, 5.41) is 3.00. The molecule has 1 aromatic carbocycles. The number of aryl methyl sites for hydroxylation is 1. The van der Waals surface area contributed by atoms with Gasteiger partial charge in [0.1, 0.15) is 5.76 Å². The number of oxazole rings is 1. The Morgan fingerprint density at radius 2 is 2.17 bits per heavy atom. The number of rotatable bonds is 5. The van der Waals surface area contributed by atoms with Crippen molar-refractivity contribution in [3.8, 4) is 11.5 Å². The molecule has 5 heteroatoms. The van der Waals surface area contributed by atoms with Crippen LogP contribution in [-0.2, 0) is 16.0 Å². The quantitative estimate of drug-likeness (QED) is 0.921. The molecule has 1 fully saturated rings.